The minimum absolute atomic E-state index is 0.294. The van der Waals surface area contributed by atoms with Crippen molar-refractivity contribution >= 4 is 11.9 Å². The second-order valence-corrected chi connectivity index (χ2v) is 4.07. The van der Waals surface area contributed by atoms with Crippen LogP contribution in [-0.4, -0.2) is 34.7 Å². The summed E-state index contributed by atoms with van der Waals surface area (Å²) in [4.78, 5) is 19.4. The number of aliphatic carboxylic acids is 1. The Hall–Kier alpha value is -1.85. The molecule has 0 amide bonds. The first-order valence-corrected chi connectivity index (χ1v) is 5.92. The van der Waals surface area contributed by atoms with E-state index in [1.807, 2.05) is 13.8 Å². The Morgan fingerprint density at radius 2 is 2.17 bits per heavy atom. The van der Waals surface area contributed by atoms with E-state index in [-0.39, 0.29) is 0 Å². The molecule has 0 saturated heterocycles. The molecule has 0 atom stereocenters. The van der Waals surface area contributed by atoms with Crippen LogP contribution in [-0.2, 0) is 4.79 Å². The van der Waals surface area contributed by atoms with E-state index in [2.05, 4.69) is 15.3 Å². The van der Waals surface area contributed by atoms with Crippen molar-refractivity contribution < 1.29 is 14.6 Å². The molecule has 2 N–H and O–H groups in total. The normalized spacial score (nSPS) is 11.1. The number of hydrogen-bond acceptors (Lipinski definition) is 5. The molecule has 0 saturated carbocycles. The predicted molar refractivity (Wildman–Crippen MR) is 67.7 cm³/mol. The van der Waals surface area contributed by atoms with Crippen molar-refractivity contribution in [3.8, 4) is 5.88 Å². The Morgan fingerprint density at radius 3 is 2.67 bits per heavy atom. The summed E-state index contributed by atoms with van der Waals surface area (Å²) in [7, 11) is 1.52. The summed E-state index contributed by atoms with van der Waals surface area (Å²) in [6.45, 7) is 4.03. The van der Waals surface area contributed by atoms with Gasteiger partial charge >= 0.3 is 5.97 Å². The van der Waals surface area contributed by atoms with Crippen molar-refractivity contribution in [3.05, 3.63) is 12.3 Å². The highest BCUT2D eigenvalue weighted by Crippen LogP contribution is 2.26. The molecule has 6 heteroatoms. The highest BCUT2D eigenvalue weighted by molar-refractivity contribution is 5.75. The summed E-state index contributed by atoms with van der Waals surface area (Å²) in [6, 6.07) is 1.63. The van der Waals surface area contributed by atoms with Crippen LogP contribution >= 0.6 is 0 Å². The smallest absolute Gasteiger partial charge is 0.311 e. The van der Waals surface area contributed by atoms with Crippen molar-refractivity contribution in [2.45, 2.75) is 26.7 Å². The maximum atomic E-state index is 11.3. The van der Waals surface area contributed by atoms with Crippen LogP contribution in [0.15, 0.2) is 12.3 Å². The highest BCUT2D eigenvalue weighted by Gasteiger charge is 2.34. The molecule has 0 unspecified atom stereocenters. The summed E-state index contributed by atoms with van der Waals surface area (Å²) >= 11 is 0. The molecule has 0 fully saturated rings. The minimum atomic E-state index is -0.803. The third-order valence-corrected chi connectivity index (χ3v) is 3.23. The van der Waals surface area contributed by atoms with E-state index >= 15 is 0 Å². The fraction of sp³-hybridized carbons (Fsp3) is 0.583. The number of carbonyl (C=O) groups is 1. The average Bonchev–Trinajstić information content (AvgIpc) is 2.40. The van der Waals surface area contributed by atoms with E-state index in [4.69, 9.17) is 4.74 Å². The van der Waals surface area contributed by atoms with E-state index in [1.54, 1.807) is 12.3 Å². The molecule has 6 nitrogen and oxygen atoms in total. The van der Waals surface area contributed by atoms with Gasteiger partial charge in [0.05, 0.1) is 12.5 Å². The number of anilines is 1. The molecule has 0 aliphatic heterocycles. The van der Waals surface area contributed by atoms with Gasteiger partial charge in [-0.3, -0.25) is 4.79 Å². The molecule has 1 aromatic heterocycles. The summed E-state index contributed by atoms with van der Waals surface area (Å²) in [5.74, 6) is 0.0196. The topological polar surface area (TPSA) is 84.3 Å². The number of methoxy groups -OCH3 is 1. The number of aromatic nitrogens is 2. The Balaban J connectivity index is 2.75. The number of carboxylic acids is 1. The molecular weight excluding hydrogens is 234 g/mol. The summed E-state index contributed by atoms with van der Waals surface area (Å²) < 4.78 is 4.98. The van der Waals surface area contributed by atoms with Crippen LogP contribution in [0.5, 0.6) is 5.88 Å². The van der Waals surface area contributed by atoms with E-state index in [1.165, 1.54) is 7.11 Å². The Bertz CT molecular complexity index is 405. The van der Waals surface area contributed by atoms with Gasteiger partial charge in [0.15, 0.2) is 0 Å². The molecule has 18 heavy (non-hydrogen) atoms. The molecule has 1 aromatic rings. The lowest BCUT2D eigenvalue weighted by Gasteiger charge is -2.26. The first kappa shape index (κ1) is 14.2. The van der Waals surface area contributed by atoms with E-state index in [9.17, 15) is 9.90 Å². The first-order valence-electron chi connectivity index (χ1n) is 5.92. The zero-order valence-corrected chi connectivity index (χ0v) is 10.9. The quantitative estimate of drug-likeness (QED) is 0.770. The number of hydrogen-bond donors (Lipinski definition) is 2. The molecule has 0 aliphatic carbocycles. The van der Waals surface area contributed by atoms with E-state index in [0.29, 0.717) is 31.2 Å². The van der Waals surface area contributed by atoms with E-state index in [0.717, 1.165) is 0 Å². The standard InChI is InChI=1S/C12H19N3O3/c1-4-12(5-2,10(16)17)8-14-11-13-7-6-9(15-11)18-3/h6-7H,4-5,8H2,1-3H3,(H,16,17)(H,13,14,15). The molecule has 0 bridgehead atoms. The fourth-order valence-electron chi connectivity index (χ4n) is 1.67. The largest absolute Gasteiger partial charge is 0.481 e. The van der Waals surface area contributed by atoms with Gasteiger partial charge in [0, 0.05) is 18.8 Å². The second kappa shape index (κ2) is 6.18. The first-order chi connectivity index (χ1) is 8.57. The lowest BCUT2D eigenvalue weighted by atomic mass is 9.82. The van der Waals surface area contributed by atoms with Gasteiger partial charge < -0.3 is 15.2 Å². The lowest BCUT2D eigenvalue weighted by Crippen LogP contribution is -2.37. The number of rotatable bonds is 7. The van der Waals surface area contributed by atoms with Crippen LogP contribution in [0, 0.1) is 5.41 Å². The molecule has 0 radical (unpaired) electrons. The van der Waals surface area contributed by atoms with Crippen LogP contribution in [0.3, 0.4) is 0 Å². The molecule has 1 rings (SSSR count). The number of ether oxygens (including phenoxy) is 1. The minimum Gasteiger partial charge on any atom is -0.481 e. The molecule has 0 aliphatic rings. The molecule has 0 spiro atoms. The zero-order chi connectivity index (χ0) is 13.6. The van der Waals surface area contributed by atoms with Gasteiger partial charge in [-0.1, -0.05) is 13.8 Å². The Morgan fingerprint density at radius 1 is 1.50 bits per heavy atom. The SMILES string of the molecule is CCC(CC)(CNc1nccc(OC)n1)C(=O)O. The van der Waals surface area contributed by atoms with Crippen LogP contribution in [0.2, 0.25) is 0 Å². The summed E-state index contributed by atoms with van der Waals surface area (Å²) in [5, 5.41) is 12.3. The predicted octanol–water partition coefficient (Wildman–Crippen LogP) is 1.79. The van der Waals surface area contributed by atoms with Crippen molar-refractivity contribution in [2.24, 2.45) is 5.41 Å². The van der Waals surface area contributed by atoms with Crippen molar-refractivity contribution in [2.75, 3.05) is 19.0 Å². The number of nitrogens with one attached hydrogen (secondary N) is 1. The van der Waals surface area contributed by atoms with Crippen LogP contribution in [0.25, 0.3) is 0 Å². The van der Waals surface area contributed by atoms with Gasteiger partial charge in [-0.15, -0.1) is 0 Å². The van der Waals surface area contributed by atoms with Crippen LogP contribution in [0.4, 0.5) is 5.95 Å². The van der Waals surface area contributed by atoms with Crippen molar-refractivity contribution in [3.63, 3.8) is 0 Å². The summed E-state index contributed by atoms with van der Waals surface area (Å²) in [5.41, 5.74) is -0.785. The fourth-order valence-corrected chi connectivity index (χ4v) is 1.67. The highest BCUT2D eigenvalue weighted by atomic mass is 16.5. The Kier molecular flexibility index (Phi) is 4.88. The van der Waals surface area contributed by atoms with Gasteiger partial charge in [0.2, 0.25) is 11.8 Å². The van der Waals surface area contributed by atoms with E-state index < -0.39 is 11.4 Å². The third-order valence-electron chi connectivity index (χ3n) is 3.23. The Labute approximate surface area is 106 Å². The molecule has 1 heterocycles. The second-order valence-electron chi connectivity index (χ2n) is 4.07. The van der Waals surface area contributed by atoms with Gasteiger partial charge in [-0.2, -0.15) is 4.98 Å². The van der Waals surface area contributed by atoms with Gasteiger partial charge in [-0.25, -0.2) is 4.98 Å². The maximum Gasteiger partial charge on any atom is 0.311 e. The monoisotopic (exact) mass is 253 g/mol. The zero-order valence-electron chi connectivity index (χ0n) is 10.9. The van der Waals surface area contributed by atoms with Crippen molar-refractivity contribution in [1.82, 2.24) is 9.97 Å². The number of nitrogens with zero attached hydrogens (tertiary/aromatic N) is 2. The number of carboxylic acid groups (broad SMARTS) is 1. The third kappa shape index (κ3) is 3.09. The van der Waals surface area contributed by atoms with Gasteiger partial charge in [0.1, 0.15) is 0 Å². The van der Waals surface area contributed by atoms with Crippen molar-refractivity contribution in [1.29, 1.82) is 0 Å². The van der Waals surface area contributed by atoms with Crippen LogP contribution < -0.4 is 10.1 Å². The van der Waals surface area contributed by atoms with Crippen LogP contribution in [0.1, 0.15) is 26.7 Å². The summed E-state index contributed by atoms with van der Waals surface area (Å²) in [6.07, 6.45) is 2.67. The maximum absolute atomic E-state index is 11.3. The average molecular weight is 253 g/mol. The lowest BCUT2D eigenvalue weighted by molar-refractivity contribution is -0.148. The molecule has 0 aromatic carbocycles. The van der Waals surface area contributed by atoms with Gasteiger partial charge in [0.25, 0.3) is 0 Å². The molecular formula is C12H19N3O3. The van der Waals surface area contributed by atoms with Gasteiger partial charge in [-0.05, 0) is 12.8 Å². The molecule has 100 valence electrons.